The second-order valence-electron chi connectivity index (χ2n) is 3.98. The zero-order valence-corrected chi connectivity index (χ0v) is 10.3. The molecule has 0 saturated heterocycles. The molecule has 1 aromatic rings. The minimum absolute atomic E-state index is 0.0863. The van der Waals surface area contributed by atoms with Gasteiger partial charge in [0.05, 0.1) is 0 Å². The lowest BCUT2D eigenvalue weighted by Crippen LogP contribution is -2.27. The molecule has 0 radical (unpaired) electrons. The van der Waals surface area contributed by atoms with Crippen LogP contribution < -0.4 is 4.72 Å². The Labute approximate surface area is 90.6 Å². The fraction of sp³-hybridized carbons (Fsp3) is 0.667. The van der Waals surface area contributed by atoms with E-state index in [9.17, 15) is 8.42 Å². The Bertz CT molecular complexity index is 415. The van der Waals surface area contributed by atoms with Crippen LogP contribution in [0.25, 0.3) is 0 Å². The lowest BCUT2D eigenvalue weighted by molar-refractivity contribution is 0.557. The predicted molar refractivity (Wildman–Crippen MR) is 58.0 cm³/mol. The molecular weight excluding hydrogens is 214 g/mol. The number of aryl methyl sites for hydroxylation is 2. The maximum atomic E-state index is 11.7. The molecule has 0 spiro atoms. The molecule has 0 atom stereocenters. The monoisotopic (exact) mass is 231 g/mol. The lowest BCUT2D eigenvalue weighted by atomic mass is 10.2. The Morgan fingerprint density at radius 3 is 2.53 bits per heavy atom. The molecule has 0 fully saturated rings. The average molecular weight is 231 g/mol. The van der Waals surface area contributed by atoms with E-state index < -0.39 is 10.0 Å². The van der Waals surface area contributed by atoms with Crippen molar-refractivity contribution in [3.63, 3.8) is 0 Å². The highest BCUT2D eigenvalue weighted by molar-refractivity contribution is 7.89. The number of rotatable bonds is 4. The summed E-state index contributed by atoms with van der Waals surface area (Å²) < 4.78 is 27.6. The molecule has 1 N–H and O–H groups in total. The van der Waals surface area contributed by atoms with Gasteiger partial charge in [0, 0.05) is 19.8 Å². The van der Waals surface area contributed by atoms with Gasteiger partial charge >= 0.3 is 0 Å². The number of nitrogens with one attached hydrogen (secondary N) is 1. The van der Waals surface area contributed by atoms with Crippen LogP contribution in [-0.4, -0.2) is 24.5 Å². The highest BCUT2D eigenvalue weighted by Gasteiger charge is 2.17. The zero-order chi connectivity index (χ0) is 11.6. The van der Waals surface area contributed by atoms with E-state index in [1.807, 2.05) is 13.8 Å². The molecule has 15 heavy (non-hydrogen) atoms. The Morgan fingerprint density at radius 2 is 2.13 bits per heavy atom. The summed E-state index contributed by atoms with van der Waals surface area (Å²) >= 11 is 0. The van der Waals surface area contributed by atoms with E-state index in [0.717, 1.165) is 0 Å². The second kappa shape index (κ2) is 4.32. The third kappa shape index (κ3) is 3.04. The van der Waals surface area contributed by atoms with Crippen LogP contribution in [0.1, 0.15) is 19.7 Å². The molecule has 5 nitrogen and oxygen atoms in total. The van der Waals surface area contributed by atoms with Crippen molar-refractivity contribution in [1.82, 2.24) is 14.3 Å². The summed E-state index contributed by atoms with van der Waals surface area (Å²) in [5.74, 6) is 0.963. The van der Waals surface area contributed by atoms with Crippen LogP contribution in [0, 0.1) is 12.8 Å². The van der Waals surface area contributed by atoms with Crippen LogP contribution in [0.2, 0.25) is 0 Å². The first-order valence-electron chi connectivity index (χ1n) is 4.82. The van der Waals surface area contributed by atoms with Crippen molar-refractivity contribution in [2.24, 2.45) is 13.0 Å². The first kappa shape index (κ1) is 12.2. The minimum atomic E-state index is -3.44. The molecular formula is C9H17N3O2S. The summed E-state index contributed by atoms with van der Waals surface area (Å²) in [6.45, 7) is 6.10. The van der Waals surface area contributed by atoms with Crippen LogP contribution in [0.15, 0.2) is 11.2 Å². The van der Waals surface area contributed by atoms with Gasteiger partial charge in [0.15, 0.2) is 5.03 Å². The number of imidazole rings is 1. The van der Waals surface area contributed by atoms with Crippen molar-refractivity contribution < 1.29 is 8.42 Å². The van der Waals surface area contributed by atoms with E-state index in [-0.39, 0.29) is 10.9 Å². The van der Waals surface area contributed by atoms with Gasteiger partial charge in [-0.1, -0.05) is 13.8 Å². The molecule has 0 unspecified atom stereocenters. The van der Waals surface area contributed by atoms with Gasteiger partial charge in [0.25, 0.3) is 10.0 Å². The molecule has 6 heteroatoms. The third-order valence-corrected chi connectivity index (χ3v) is 3.34. The smallest absolute Gasteiger partial charge is 0.259 e. The number of hydrogen-bond acceptors (Lipinski definition) is 3. The summed E-state index contributed by atoms with van der Waals surface area (Å²) in [5.41, 5.74) is 0. The first-order valence-corrected chi connectivity index (χ1v) is 6.31. The molecule has 0 aliphatic heterocycles. The summed E-state index contributed by atoms with van der Waals surface area (Å²) in [6.07, 6.45) is 1.51. The summed E-state index contributed by atoms with van der Waals surface area (Å²) in [5, 5.41) is 0.0863. The van der Waals surface area contributed by atoms with Crippen molar-refractivity contribution >= 4 is 10.0 Å². The van der Waals surface area contributed by atoms with Gasteiger partial charge in [-0.05, 0) is 12.8 Å². The maximum absolute atomic E-state index is 11.7. The van der Waals surface area contributed by atoms with Gasteiger partial charge in [-0.15, -0.1) is 0 Å². The zero-order valence-electron chi connectivity index (χ0n) is 9.48. The van der Waals surface area contributed by atoms with E-state index in [1.165, 1.54) is 6.20 Å². The van der Waals surface area contributed by atoms with Crippen LogP contribution in [-0.2, 0) is 17.1 Å². The van der Waals surface area contributed by atoms with Crippen LogP contribution in [0.3, 0.4) is 0 Å². The van der Waals surface area contributed by atoms with Gasteiger partial charge in [-0.3, -0.25) is 0 Å². The molecule has 0 aliphatic rings. The molecule has 0 aliphatic carbocycles. The van der Waals surface area contributed by atoms with E-state index in [4.69, 9.17) is 0 Å². The standard InChI is InChI=1S/C9H17N3O2S/c1-7(2)5-10-15(13,14)9-6-12(4)8(3)11-9/h6-7,10H,5H2,1-4H3. The topological polar surface area (TPSA) is 64.0 Å². The fourth-order valence-electron chi connectivity index (χ4n) is 1.01. The molecule has 0 amide bonds. The van der Waals surface area contributed by atoms with Crippen LogP contribution in [0.5, 0.6) is 0 Å². The highest BCUT2D eigenvalue weighted by Crippen LogP contribution is 2.07. The summed E-state index contributed by atoms with van der Waals surface area (Å²) in [4.78, 5) is 3.97. The summed E-state index contributed by atoms with van der Waals surface area (Å²) in [6, 6.07) is 0. The molecule has 0 aromatic carbocycles. The first-order chi connectivity index (χ1) is 6.83. The largest absolute Gasteiger partial charge is 0.337 e. The molecule has 1 heterocycles. The van der Waals surface area contributed by atoms with E-state index >= 15 is 0 Å². The van der Waals surface area contributed by atoms with E-state index in [0.29, 0.717) is 12.4 Å². The predicted octanol–water partition coefficient (Wildman–Crippen LogP) is 0.663. The van der Waals surface area contributed by atoms with Crippen molar-refractivity contribution in [2.45, 2.75) is 25.8 Å². The van der Waals surface area contributed by atoms with Crippen molar-refractivity contribution in [1.29, 1.82) is 0 Å². The van der Waals surface area contributed by atoms with Crippen LogP contribution in [0.4, 0.5) is 0 Å². The fourth-order valence-corrected chi connectivity index (χ4v) is 2.26. The number of nitrogens with zero attached hydrogens (tertiary/aromatic N) is 2. The molecule has 1 aromatic heterocycles. The van der Waals surface area contributed by atoms with Crippen LogP contribution >= 0.6 is 0 Å². The van der Waals surface area contributed by atoms with Crippen molar-refractivity contribution in [2.75, 3.05) is 6.54 Å². The number of hydrogen-bond donors (Lipinski definition) is 1. The lowest BCUT2D eigenvalue weighted by Gasteiger charge is -2.05. The highest BCUT2D eigenvalue weighted by atomic mass is 32.2. The Morgan fingerprint density at radius 1 is 1.53 bits per heavy atom. The molecule has 0 bridgehead atoms. The molecule has 1 rings (SSSR count). The summed E-state index contributed by atoms with van der Waals surface area (Å²) in [7, 11) is -1.67. The van der Waals surface area contributed by atoms with Gasteiger partial charge in [0.1, 0.15) is 5.82 Å². The molecule has 86 valence electrons. The van der Waals surface area contributed by atoms with E-state index in [2.05, 4.69) is 9.71 Å². The Hall–Kier alpha value is -0.880. The SMILES string of the molecule is Cc1nc(S(=O)(=O)NCC(C)C)cn1C. The van der Waals surface area contributed by atoms with Gasteiger partial charge in [0.2, 0.25) is 0 Å². The number of aromatic nitrogens is 2. The molecule has 0 saturated carbocycles. The van der Waals surface area contributed by atoms with Gasteiger partial charge in [-0.25, -0.2) is 18.1 Å². The Balaban J connectivity index is 2.87. The third-order valence-electron chi connectivity index (χ3n) is 2.04. The normalized spacial score (nSPS) is 12.3. The van der Waals surface area contributed by atoms with E-state index in [1.54, 1.807) is 18.5 Å². The Kier molecular flexibility index (Phi) is 3.51. The average Bonchev–Trinajstić information content (AvgIpc) is 2.45. The minimum Gasteiger partial charge on any atom is -0.337 e. The van der Waals surface area contributed by atoms with Crippen molar-refractivity contribution in [3.05, 3.63) is 12.0 Å². The quantitative estimate of drug-likeness (QED) is 0.828. The maximum Gasteiger partial charge on any atom is 0.259 e. The second-order valence-corrected chi connectivity index (χ2v) is 5.70. The van der Waals surface area contributed by atoms with Gasteiger partial charge < -0.3 is 4.57 Å². The van der Waals surface area contributed by atoms with Gasteiger partial charge in [-0.2, -0.15) is 0 Å². The van der Waals surface area contributed by atoms with Crippen molar-refractivity contribution in [3.8, 4) is 0 Å². The number of sulfonamides is 1.